The van der Waals surface area contributed by atoms with E-state index in [4.69, 9.17) is 4.74 Å². The predicted molar refractivity (Wildman–Crippen MR) is 126 cm³/mol. The molecule has 1 aromatic heterocycles. The summed E-state index contributed by atoms with van der Waals surface area (Å²) in [5.74, 6) is -0.872. The highest BCUT2D eigenvalue weighted by Crippen LogP contribution is 2.34. The second-order valence-electron chi connectivity index (χ2n) is 7.55. The van der Waals surface area contributed by atoms with E-state index < -0.39 is 33.9 Å². The monoisotopic (exact) mass is 495 g/mol. The number of fused-ring (bicyclic) bond motifs is 1. The molecule has 3 aromatic carbocycles. The third-order valence-corrected chi connectivity index (χ3v) is 5.12. The SMILES string of the molecule is CC(=O)Oc1ccc([N+](=O)[O-])cc1/C=C/c1nc2ccccc2c(=O)n1-c1ccccc1C(F)(F)F. The Morgan fingerprint density at radius 2 is 1.75 bits per heavy atom. The van der Waals surface area contributed by atoms with Crippen LogP contribution in [0.3, 0.4) is 0 Å². The van der Waals surface area contributed by atoms with Gasteiger partial charge >= 0.3 is 12.1 Å². The van der Waals surface area contributed by atoms with Crippen molar-refractivity contribution in [2.45, 2.75) is 13.1 Å². The first-order chi connectivity index (χ1) is 17.1. The molecule has 0 radical (unpaired) electrons. The smallest absolute Gasteiger partial charge is 0.418 e. The van der Waals surface area contributed by atoms with E-state index in [1.54, 1.807) is 12.1 Å². The number of rotatable bonds is 5. The molecular formula is C25H16F3N3O5. The zero-order valence-corrected chi connectivity index (χ0v) is 18.5. The van der Waals surface area contributed by atoms with E-state index in [0.29, 0.717) is 0 Å². The highest BCUT2D eigenvalue weighted by atomic mass is 19.4. The van der Waals surface area contributed by atoms with Crippen LogP contribution in [0.5, 0.6) is 5.75 Å². The maximum absolute atomic E-state index is 13.8. The molecule has 0 aliphatic rings. The van der Waals surface area contributed by atoms with E-state index in [-0.39, 0.29) is 33.7 Å². The number of carbonyl (C=O) groups is 1. The Labute approximate surface area is 201 Å². The second kappa shape index (κ2) is 9.45. The van der Waals surface area contributed by atoms with Gasteiger partial charge in [-0.3, -0.25) is 24.3 Å². The van der Waals surface area contributed by atoms with Gasteiger partial charge in [0.25, 0.3) is 11.2 Å². The number of non-ortho nitro benzene ring substituents is 1. The molecule has 0 atom stereocenters. The molecule has 1 heterocycles. The summed E-state index contributed by atoms with van der Waals surface area (Å²) >= 11 is 0. The maximum Gasteiger partial charge on any atom is 0.418 e. The van der Waals surface area contributed by atoms with Gasteiger partial charge in [0.2, 0.25) is 0 Å². The van der Waals surface area contributed by atoms with E-state index in [2.05, 4.69) is 4.98 Å². The number of benzene rings is 3. The fourth-order valence-corrected chi connectivity index (χ4v) is 3.59. The number of halogens is 3. The van der Waals surface area contributed by atoms with E-state index >= 15 is 0 Å². The molecule has 4 aromatic rings. The summed E-state index contributed by atoms with van der Waals surface area (Å²) in [5.41, 5.74) is -2.21. The Morgan fingerprint density at radius 1 is 1.06 bits per heavy atom. The largest absolute Gasteiger partial charge is 0.426 e. The average molecular weight is 495 g/mol. The summed E-state index contributed by atoms with van der Waals surface area (Å²) in [6.45, 7) is 1.14. The van der Waals surface area contributed by atoms with Crippen molar-refractivity contribution < 1.29 is 27.6 Å². The summed E-state index contributed by atoms with van der Waals surface area (Å²) in [6.07, 6.45) is -2.26. The van der Waals surface area contributed by atoms with Crippen molar-refractivity contribution >= 4 is 34.7 Å². The Kier molecular flexibility index (Phi) is 6.39. The Morgan fingerprint density at radius 3 is 2.44 bits per heavy atom. The Balaban J connectivity index is 1.99. The molecule has 0 N–H and O–H groups in total. The van der Waals surface area contributed by atoms with Crippen molar-refractivity contribution in [1.29, 1.82) is 0 Å². The lowest BCUT2D eigenvalue weighted by atomic mass is 10.1. The van der Waals surface area contributed by atoms with Gasteiger partial charge in [-0.25, -0.2) is 4.98 Å². The van der Waals surface area contributed by atoms with Gasteiger partial charge in [-0.1, -0.05) is 24.3 Å². The molecule has 182 valence electrons. The fourth-order valence-electron chi connectivity index (χ4n) is 3.59. The molecule has 0 saturated carbocycles. The summed E-state index contributed by atoms with van der Waals surface area (Å²) in [5, 5.41) is 11.3. The second-order valence-corrected chi connectivity index (χ2v) is 7.55. The van der Waals surface area contributed by atoms with E-state index in [0.717, 1.165) is 35.8 Å². The molecule has 36 heavy (non-hydrogen) atoms. The third-order valence-electron chi connectivity index (χ3n) is 5.12. The van der Waals surface area contributed by atoms with Gasteiger partial charge < -0.3 is 4.74 Å². The molecule has 0 spiro atoms. The quantitative estimate of drug-likeness (QED) is 0.159. The fraction of sp³-hybridized carbons (Fsp3) is 0.0800. The van der Waals surface area contributed by atoms with Gasteiger partial charge in [0, 0.05) is 24.6 Å². The van der Waals surface area contributed by atoms with Crippen LogP contribution in [0, 0.1) is 10.1 Å². The van der Waals surface area contributed by atoms with Gasteiger partial charge in [0.05, 0.1) is 27.1 Å². The summed E-state index contributed by atoms with van der Waals surface area (Å²) in [4.78, 5) is 39.8. The average Bonchev–Trinajstić information content (AvgIpc) is 2.82. The number of alkyl halides is 3. The van der Waals surface area contributed by atoms with Crippen LogP contribution >= 0.6 is 0 Å². The minimum absolute atomic E-state index is 0.0188. The summed E-state index contributed by atoms with van der Waals surface area (Å²) < 4.78 is 47.3. The van der Waals surface area contributed by atoms with Crippen LogP contribution in [-0.2, 0) is 11.0 Å². The highest BCUT2D eigenvalue weighted by molar-refractivity contribution is 5.81. The summed E-state index contributed by atoms with van der Waals surface area (Å²) in [6, 6.07) is 14.2. The first kappa shape index (κ1) is 24.3. The number of nitrogens with zero attached hydrogens (tertiary/aromatic N) is 3. The van der Waals surface area contributed by atoms with Crippen LogP contribution in [0.1, 0.15) is 23.9 Å². The summed E-state index contributed by atoms with van der Waals surface area (Å²) in [7, 11) is 0. The zero-order valence-electron chi connectivity index (χ0n) is 18.5. The molecule has 0 amide bonds. The molecular weight excluding hydrogens is 479 g/mol. The lowest BCUT2D eigenvalue weighted by molar-refractivity contribution is -0.384. The predicted octanol–water partition coefficient (Wildman–Crippen LogP) is 5.41. The molecule has 0 fully saturated rings. The molecule has 0 unspecified atom stereocenters. The van der Waals surface area contributed by atoms with Crippen molar-refractivity contribution in [1.82, 2.24) is 9.55 Å². The lowest BCUT2D eigenvalue weighted by Gasteiger charge is -2.17. The van der Waals surface area contributed by atoms with Crippen molar-refractivity contribution in [3.8, 4) is 11.4 Å². The van der Waals surface area contributed by atoms with Gasteiger partial charge in [0.15, 0.2) is 0 Å². The van der Waals surface area contributed by atoms with Crippen LogP contribution in [0.15, 0.2) is 71.5 Å². The Bertz CT molecular complexity index is 1590. The van der Waals surface area contributed by atoms with Crippen LogP contribution in [0.4, 0.5) is 18.9 Å². The van der Waals surface area contributed by atoms with Crippen molar-refractivity contribution in [3.63, 3.8) is 0 Å². The number of esters is 1. The van der Waals surface area contributed by atoms with E-state index in [9.17, 15) is 32.9 Å². The Hall–Kier alpha value is -4.80. The van der Waals surface area contributed by atoms with Gasteiger partial charge in [-0.05, 0) is 42.5 Å². The number of hydrogen-bond acceptors (Lipinski definition) is 6. The number of ether oxygens (including phenoxy) is 1. The topological polar surface area (TPSA) is 104 Å². The molecule has 0 saturated heterocycles. The van der Waals surface area contributed by atoms with Gasteiger partial charge in [-0.15, -0.1) is 0 Å². The number of carbonyl (C=O) groups excluding carboxylic acids is 1. The number of aromatic nitrogens is 2. The highest BCUT2D eigenvalue weighted by Gasteiger charge is 2.34. The van der Waals surface area contributed by atoms with Crippen molar-refractivity contribution in [2.24, 2.45) is 0 Å². The maximum atomic E-state index is 13.8. The zero-order chi connectivity index (χ0) is 26.0. The normalized spacial score (nSPS) is 11.7. The molecule has 4 rings (SSSR count). The number of nitro benzene ring substituents is 1. The van der Waals surface area contributed by atoms with E-state index in [1.807, 2.05) is 0 Å². The van der Waals surface area contributed by atoms with Crippen LogP contribution < -0.4 is 10.3 Å². The van der Waals surface area contributed by atoms with Crippen molar-refractivity contribution in [2.75, 3.05) is 0 Å². The molecule has 0 bridgehead atoms. The van der Waals surface area contributed by atoms with Gasteiger partial charge in [-0.2, -0.15) is 13.2 Å². The van der Waals surface area contributed by atoms with Crippen molar-refractivity contribution in [3.05, 3.63) is 104 Å². The number of hydrogen-bond donors (Lipinski definition) is 0. The molecule has 8 nitrogen and oxygen atoms in total. The standard InChI is InChI=1S/C25H16F3N3O5/c1-15(32)36-22-12-11-17(31(34)35)14-16(22)10-13-23-29-20-8-4-2-6-18(20)24(33)30(23)21-9-5-3-7-19(21)25(26,27)28/h2-14H,1H3/b13-10+. The minimum atomic E-state index is -4.76. The third kappa shape index (κ3) is 4.85. The molecule has 0 aliphatic carbocycles. The first-order valence-electron chi connectivity index (χ1n) is 10.4. The molecule has 11 heteroatoms. The van der Waals surface area contributed by atoms with Gasteiger partial charge in [0.1, 0.15) is 11.6 Å². The van der Waals surface area contributed by atoms with Crippen LogP contribution in [0.25, 0.3) is 28.7 Å². The minimum Gasteiger partial charge on any atom is -0.426 e. The van der Waals surface area contributed by atoms with E-state index in [1.165, 1.54) is 42.5 Å². The lowest BCUT2D eigenvalue weighted by Crippen LogP contribution is -2.25. The number of nitro groups is 1. The van der Waals surface area contributed by atoms with Crippen LogP contribution in [-0.4, -0.2) is 20.4 Å². The van der Waals surface area contributed by atoms with Crippen LogP contribution in [0.2, 0.25) is 0 Å². The molecule has 0 aliphatic heterocycles. The number of para-hydroxylation sites is 2. The first-order valence-corrected chi connectivity index (χ1v) is 10.4.